The predicted octanol–water partition coefficient (Wildman–Crippen LogP) is 2.06. The maximum atomic E-state index is 11.5. The SMILES string of the molecule is COCCNC(=S)Nc1ccc(Cl)c(C(=O)OC)c1. The fourth-order valence-electron chi connectivity index (χ4n) is 1.31. The summed E-state index contributed by atoms with van der Waals surface area (Å²) in [5.41, 5.74) is 0.938. The standard InChI is InChI=1S/C12H15ClN2O3S/c1-17-6-5-14-12(19)15-8-3-4-10(13)9(7-8)11(16)18-2/h3-4,7H,5-6H2,1-2H3,(H2,14,15,19). The van der Waals surface area contributed by atoms with Gasteiger partial charge in [-0.25, -0.2) is 4.79 Å². The van der Waals surface area contributed by atoms with E-state index in [-0.39, 0.29) is 5.56 Å². The van der Waals surface area contributed by atoms with Gasteiger partial charge in [0.25, 0.3) is 0 Å². The number of carbonyl (C=O) groups excluding carboxylic acids is 1. The summed E-state index contributed by atoms with van der Waals surface area (Å²) in [4.78, 5) is 11.5. The lowest BCUT2D eigenvalue weighted by atomic mass is 10.2. The van der Waals surface area contributed by atoms with Crippen LogP contribution in [0.15, 0.2) is 18.2 Å². The number of benzene rings is 1. The van der Waals surface area contributed by atoms with Gasteiger partial charge in [-0.3, -0.25) is 0 Å². The average molecular weight is 303 g/mol. The average Bonchev–Trinajstić information content (AvgIpc) is 2.40. The third-order valence-corrected chi connectivity index (χ3v) is 2.80. The van der Waals surface area contributed by atoms with Crippen LogP contribution in [0.3, 0.4) is 0 Å². The van der Waals surface area contributed by atoms with Crippen LogP contribution in [0.25, 0.3) is 0 Å². The molecule has 5 nitrogen and oxygen atoms in total. The molecule has 0 aliphatic rings. The van der Waals surface area contributed by atoms with Crippen molar-refractivity contribution in [2.45, 2.75) is 0 Å². The van der Waals surface area contributed by atoms with Crippen LogP contribution in [0.5, 0.6) is 0 Å². The quantitative estimate of drug-likeness (QED) is 0.493. The number of esters is 1. The molecule has 0 saturated carbocycles. The molecule has 0 aromatic heterocycles. The van der Waals surface area contributed by atoms with Gasteiger partial charge in [-0.2, -0.15) is 0 Å². The van der Waals surface area contributed by atoms with Gasteiger partial charge in [-0.05, 0) is 30.4 Å². The van der Waals surface area contributed by atoms with Crippen molar-refractivity contribution in [1.29, 1.82) is 0 Å². The molecule has 1 rings (SSSR count). The molecule has 0 saturated heterocycles. The Morgan fingerprint density at radius 1 is 1.42 bits per heavy atom. The smallest absolute Gasteiger partial charge is 0.339 e. The van der Waals surface area contributed by atoms with Gasteiger partial charge in [0.05, 0.1) is 24.3 Å². The van der Waals surface area contributed by atoms with Crippen molar-refractivity contribution in [1.82, 2.24) is 5.32 Å². The van der Waals surface area contributed by atoms with Gasteiger partial charge in [0.1, 0.15) is 0 Å². The zero-order chi connectivity index (χ0) is 14.3. The molecular formula is C12H15ClN2O3S. The first-order valence-electron chi connectivity index (χ1n) is 5.50. The summed E-state index contributed by atoms with van der Waals surface area (Å²) in [6.45, 7) is 1.15. The first-order chi connectivity index (χ1) is 9.08. The van der Waals surface area contributed by atoms with E-state index in [2.05, 4.69) is 15.4 Å². The van der Waals surface area contributed by atoms with E-state index in [1.54, 1.807) is 25.3 Å². The minimum atomic E-state index is -0.494. The van der Waals surface area contributed by atoms with Crippen molar-refractivity contribution in [2.75, 3.05) is 32.7 Å². The minimum Gasteiger partial charge on any atom is -0.465 e. The van der Waals surface area contributed by atoms with Crippen molar-refractivity contribution in [2.24, 2.45) is 0 Å². The van der Waals surface area contributed by atoms with Gasteiger partial charge < -0.3 is 20.1 Å². The number of rotatable bonds is 5. The molecule has 0 atom stereocenters. The lowest BCUT2D eigenvalue weighted by Gasteiger charge is -2.11. The van der Waals surface area contributed by atoms with Crippen molar-refractivity contribution in [3.8, 4) is 0 Å². The van der Waals surface area contributed by atoms with E-state index < -0.39 is 5.97 Å². The minimum absolute atomic E-state index is 0.286. The molecule has 0 aliphatic carbocycles. The number of anilines is 1. The highest BCUT2D eigenvalue weighted by Crippen LogP contribution is 2.21. The molecule has 7 heteroatoms. The lowest BCUT2D eigenvalue weighted by Crippen LogP contribution is -2.31. The molecule has 0 fully saturated rings. The highest BCUT2D eigenvalue weighted by atomic mass is 35.5. The van der Waals surface area contributed by atoms with Crippen LogP contribution >= 0.6 is 23.8 Å². The monoisotopic (exact) mass is 302 g/mol. The maximum absolute atomic E-state index is 11.5. The number of nitrogens with one attached hydrogen (secondary N) is 2. The maximum Gasteiger partial charge on any atom is 0.339 e. The van der Waals surface area contributed by atoms with E-state index in [0.717, 1.165) is 0 Å². The Bertz CT molecular complexity index is 468. The van der Waals surface area contributed by atoms with Gasteiger partial charge in [-0.15, -0.1) is 0 Å². The van der Waals surface area contributed by atoms with Crippen molar-refractivity contribution in [3.63, 3.8) is 0 Å². The van der Waals surface area contributed by atoms with E-state index in [0.29, 0.717) is 29.0 Å². The zero-order valence-electron chi connectivity index (χ0n) is 10.7. The van der Waals surface area contributed by atoms with E-state index in [9.17, 15) is 4.79 Å². The van der Waals surface area contributed by atoms with Gasteiger partial charge >= 0.3 is 5.97 Å². The Morgan fingerprint density at radius 3 is 2.79 bits per heavy atom. The van der Waals surface area contributed by atoms with Crippen molar-refractivity contribution in [3.05, 3.63) is 28.8 Å². The summed E-state index contributed by atoms with van der Waals surface area (Å²) in [7, 11) is 2.91. The summed E-state index contributed by atoms with van der Waals surface area (Å²) < 4.78 is 9.54. The first kappa shape index (κ1) is 15.7. The molecule has 0 heterocycles. The third kappa shape index (κ3) is 5.02. The highest BCUT2D eigenvalue weighted by molar-refractivity contribution is 7.80. The molecule has 0 unspecified atom stereocenters. The summed E-state index contributed by atoms with van der Waals surface area (Å²) >= 11 is 11.0. The fourth-order valence-corrected chi connectivity index (χ4v) is 1.73. The van der Waals surface area contributed by atoms with Gasteiger partial charge in [0, 0.05) is 19.3 Å². The molecule has 0 aliphatic heterocycles. The number of halogens is 1. The molecule has 2 N–H and O–H groups in total. The van der Waals surface area contributed by atoms with E-state index in [1.807, 2.05) is 0 Å². The Morgan fingerprint density at radius 2 is 2.16 bits per heavy atom. The molecule has 19 heavy (non-hydrogen) atoms. The van der Waals surface area contributed by atoms with Gasteiger partial charge in [0.2, 0.25) is 0 Å². The number of methoxy groups -OCH3 is 2. The van der Waals surface area contributed by atoms with Crippen LogP contribution in [0, 0.1) is 0 Å². The Kier molecular flexibility index (Phi) is 6.55. The van der Waals surface area contributed by atoms with Gasteiger partial charge in [-0.1, -0.05) is 11.6 Å². The Labute approximate surface area is 122 Å². The Hall–Kier alpha value is -1.37. The topological polar surface area (TPSA) is 59.6 Å². The van der Waals surface area contributed by atoms with E-state index >= 15 is 0 Å². The summed E-state index contributed by atoms with van der Waals surface area (Å²) in [5, 5.41) is 6.67. The van der Waals surface area contributed by atoms with Crippen LogP contribution in [-0.4, -0.2) is 38.5 Å². The van der Waals surface area contributed by atoms with E-state index in [4.69, 9.17) is 28.6 Å². The van der Waals surface area contributed by atoms with Crippen LogP contribution < -0.4 is 10.6 Å². The largest absolute Gasteiger partial charge is 0.465 e. The van der Waals surface area contributed by atoms with Crippen LogP contribution in [0.4, 0.5) is 5.69 Å². The summed E-state index contributed by atoms with van der Waals surface area (Å²) in [5.74, 6) is -0.494. The normalized spacial score (nSPS) is 9.84. The molecule has 1 aromatic carbocycles. The number of carbonyl (C=O) groups is 1. The predicted molar refractivity (Wildman–Crippen MR) is 78.9 cm³/mol. The first-order valence-corrected chi connectivity index (χ1v) is 6.28. The number of ether oxygens (including phenoxy) is 2. The molecule has 0 amide bonds. The summed E-state index contributed by atoms with van der Waals surface area (Å²) in [6.07, 6.45) is 0. The number of thiocarbonyl (C=S) groups is 1. The van der Waals surface area contributed by atoms with Crippen molar-refractivity contribution >= 4 is 40.6 Å². The molecule has 0 radical (unpaired) electrons. The highest BCUT2D eigenvalue weighted by Gasteiger charge is 2.11. The van der Waals surface area contributed by atoms with Crippen LogP contribution in [0.2, 0.25) is 5.02 Å². The number of hydrogen-bond acceptors (Lipinski definition) is 4. The second-order valence-corrected chi connectivity index (χ2v) is 4.38. The third-order valence-electron chi connectivity index (χ3n) is 2.22. The van der Waals surface area contributed by atoms with Crippen LogP contribution in [0.1, 0.15) is 10.4 Å². The fraction of sp³-hybridized carbons (Fsp3) is 0.333. The zero-order valence-corrected chi connectivity index (χ0v) is 12.2. The summed E-state index contributed by atoms with van der Waals surface area (Å²) in [6, 6.07) is 4.91. The van der Waals surface area contributed by atoms with Crippen molar-refractivity contribution < 1.29 is 14.3 Å². The Balaban J connectivity index is 2.69. The molecular weight excluding hydrogens is 288 g/mol. The number of hydrogen-bond donors (Lipinski definition) is 2. The second-order valence-electron chi connectivity index (χ2n) is 3.56. The van der Waals surface area contributed by atoms with Gasteiger partial charge in [0.15, 0.2) is 5.11 Å². The second kappa shape index (κ2) is 7.93. The van der Waals surface area contributed by atoms with E-state index in [1.165, 1.54) is 7.11 Å². The van der Waals surface area contributed by atoms with Crippen LogP contribution in [-0.2, 0) is 9.47 Å². The molecule has 0 spiro atoms. The lowest BCUT2D eigenvalue weighted by molar-refractivity contribution is 0.0601. The molecule has 1 aromatic rings. The molecule has 0 bridgehead atoms. The molecule has 104 valence electrons.